The van der Waals surface area contributed by atoms with E-state index < -0.39 is 36.1 Å². The minimum atomic E-state index is -4.75. The summed E-state index contributed by atoms with van der Waals surface area (Å²) in [5, 5.41) is 1.98. The van der Waals surface area contributed by atoms with Crippen molar-refractivity contribution in [3.05, 3.63) is 39.5 Å². The van der Waals surface area contributed by atoms with E-state index >= 15 is 0 Å². The van der Waals surface area contributed by atoms with Crippen LogP contribution >= 0.6 is 23.2 Å². The standard InChI is InChI=1S/C18H18Cl2F3N3O5/c1-9(17(29)25-30-2)31-12-4-3-10(15(19)16(12)20)6-26-11(7-27)5-13(18(21,22)23)24-14(26)8-28/h3-5,7-9,11,14,24H,6H2,1-2H3,(H,25,29). The number of hydroxylamine groups is 1. The van der Waals surface area contributed by atoms with E-state index in [0.717, 1.165) is 0 Å². The monoisotopic (exact) mass is 483 g/mol. The molecule has 0 saturated heterocycles. The summed E-state index contributed by atoms with van der Waals surface area (Å²) in [7, 11) is 1.25. The lowest BCUT2D eigenvalue weighted by Gasteiger charge is -2.37. The minimum absolute atomic E-state index is 0.0154. The van der Waals surface area contributed by atoms with E-state index in [0.29, 0.717) is 11.6 Å². The van der Waals surface area contributed by atoms with Crippen LogP contribution < -0.4 is 15.5 Å². The van der Waals surface area contributed by atoms with Crippen molar-refractivity contribution in [1.29, 1.82) is 0 Å². The number of halogens is 5. The molecule has 0 radical (unpaired) electrons. The van der Waals surface area contributed by atoms with Crippen molar-refractivity contribution in [1.82, 2.24) is 15.7 Å². The number of allylic oxidation sites excluding steroid dienone is 1. The predicted octanol–water partition coefficient (Wildman–Crippen LogP) is 2.38. The van der Waals surface area contributed by atoms with Crippen LogP contribution in [0.4, 0.5) is 13.2 Å². The molecule has 3 atom stereocenters. The molecule has 2 N–H and O–H groups in total. The van der Waals surface area contributed by atoms with Gasteiger partial charge in [-0.3, -0.25) is 19.3 Å². The second kappa shape index (κ2) is 10.3. The number of hydrogen-bond donors (Lipinski definition) is 2. The highest BCUT2D eigenvalue weighted by atomic mass is 35.5. The summed E-state index contributed by atoms with van der Waals surface area (Å²) in [5.74, 6) is -0.503. The third-order valence-corrected chi connectivity index (χ3v) is 5.21. The van der Waals surface area contributed by atoms with Gasteiger partial charge >= 0.3 is 6.18 Å². The molecule has 0 aromatic heterocycles. The molecule has 1 amide bonds. The lowest BCUT2D eigenvalue weighted by atomic mass is 10.1. The zero-order valence-corrected chi connectivity index (χ0v) is 17.7. The number of amides is 1. The maximum absolute atomic E-state index is 13.0. The fourth-order valence-corrected chi connectivity index (χ4v) is 3.21. The molecule has 8 nitrogen and oxygen atoms in total. The summed E-state index contributed by atoms with van der Waals surface area (Å²) < 4.78 is 44.5. The van der Waals surface area contributed by atoms with Crippen molar-refractivity contribution in [3.8, 4) is 5.75 Å². The molecule has 31 heavy (non-hydrogen) atoms. The number of rotatable bonds is 8. The number of ether oxygens (including phenoxy) is 1. The first-order valence-electron chi connectivity index (χ1n) is 8.71. The summed E-state index contributed by atoms with van der Waals surface area (Å²) in [4.78, 5) is 40.2. The summed E-state index contributed by atoms with van der Waals surface area (Å²) >= 11 is 12.5. The Balaban J connectivity index is 2.28. The van der Waals surface area contributed by atoms with Crippen LogP contribution in [0, 0.1) is 0 Å². The van der Waals surface area contributed by atoms with Crippen LogP contribution in [-0.2, 0) is 25.8 Å². The summed E-state index contributed by atoms with van der Waals surface area (Å²) in [6.45, 7) is 1.26. The number of carbonyl (C=O) groups excluding carboxylic acids is 3. The van der Waals surface area contributed by atoms with Crippen molar-refractivity contribution in [2.75, 3.05) is 7.11 Å². The van der Waals surface area contributed by atoms with Crippen molar-refractivity contribution < 1.29 is 37.1 Å². The molecule has 1 aromatic rings. The van der Waals surface area contributed by atoms with Gasteiger partial charge < -0.3 is 14.8 Å². The Labute approximate surface area is 185 Å². The van der Waals surface area contributed by atoms with Crippen LogP contribution in [0.2, 0.25) is 10.0 Å². The van der Waals surface area contributed by atoms with E-state index in [9.17, 15) is 27.6 Å². The zero-order valence-electron chi connectivity index (χ0n) is 16.2. The van der Waals surface area contributed by atoms with Gasteiger partial charge in [0.15, 0.2) is 12.4 Å². The van der Waals surface area contributed by atoms with Gasteiger partial charge in [-0.1, -0.05) is 29.3 Å². The van der Waals surface area contributed by atoms with Gasteiger partial charge in [0.2, 0.25) is 0 Å². The molecule has 3 unspecified atom stereocenters. The maximum Gasteiger partial charge on any atom is 0.430 e. The maximum atomic E-state index is 13.0. The largest absolute Gasteiger partial charge is 0.479 e. The van der Waals surface area contributed by atoms with Crippen LogP contribution in [0.3, 0.4) is 0 Å². The number of hydrogen-bond acceptors (Lipinski definition) is 7. The molecule has 0 saturated carbocycles. The van der Waals surface area contributed by atoms with Gasteiger partial charge in [-0.15, -0.1) is 0 Å². The van der Waals surface area contributed by atoms with Crippen LogP contribution in [0.5, 0.6) is 5.75 Å². The number of aldehydes is 2. The van der Waals surface area contributed by atoms with E-state index in [1.165, 1.54) is 31.1 Å². The minimum Gasteiger partial charge on any atom is -0.479 e. The van der Waals surface area contributed by atoms with Gasteiger partial charge in [-0.05, 0) is 24.6 Å². The first-order chi connectivity index (χ1) is 14.5. The predicted molar refractivity (Wildman–Crippen MR) is 104 cm³/mol. The van der Waals surface area contributed by atoms with Crippen molar-refractivity contribution >= 4 is 41.7 Å². The van der Waals surface area contributed by atoms with Gasteiger partial charge in [0.05, 0.1) is 18.2 Å². The normalized spacial score (nSPS) is 20.3. The molecule has 1 aliphatic rings. The third-order valence-electron chi connectivity index (χ3n) is 4.31. The van der Waals surface area contributed by atoms with Crippen molar-refractivity contribution in [2.45, 2.75) is 38.0 Å². The molecule has 0 bridgehead atoms. The van der Waals surface area contributed by atoms with Gasteiger partial charge in [0.1, 0.15) is 28.9 Å². The highest BCUT2D eigenvalue weighted by molar-refractivity contribution is 6.43. The Bertz CT molecular complexity index is 882. The van der Waals surface area contributed by atoms with Crippen LogP contribution in [0.25, 0.3) is 0 Å². The Morgan fingerprint density at radius 1 is 1.29 bits per heavy atom. The number of nitrogens with zero attached hydrogens (tertiary/aromatic N) is 1. The van der Waals surface area contributed by atoms with Gasteiger partial charge in [-0.2, -0.15) is 13.2 Å². The number of carbonyl (C=O) groups is 3. The first-order valence-corrected chi connectivity index (χ1v) is 9.47. The smallest absolute Gasteiger partial charge is 0.430 e. The van der Waals surface area contributed by atoms with E-state index in [4.69, 9.17) is 27.9 Å². The first kappa shape index (κ1) is 24.9. The summed E-state index contributed by atoms with van der Waals surface area (Å²) in [6.07, 6.45) is -5.95. The summed E-state index contributed by atoms with van der Waals surface area (Å²) in [5.41, 5.74) is 1.23. The van der Waals surface area contributed by atoms with Crippen LogP contribution in [-0.4, -0.2) is 55.0 Å². The van der Waals surface area contributed by atoms with Crippen molar-refractivity contribution in [3.63, 3.8) is 0 Å². The second-order valence-corrected chi connectivity index (χ2v) is 7.14. The Morgan fingerprint density at radius 2 is 1.97 bits per heavy atom. The molecule has 1 aliphatic heterocycles. The molecule has 1 aromatic carbocycles. The molecule has 0 fully saturated rings. The molecule has 0 spiro atoms. The molecule has 0 aliphatic carbocycles. The number of nitrogens with one attached hydrogen (secondary N) is 2. The molecule has 170 valence electrons. The molecular formula is C18H18Cl2F3N3O5. The van der Waals surface area contributed by atoms with Crippen LogP contribution in [0.1, 0.15) is 12.5 Å². The fourth-order valence-electron chi connectivity index (χ4n) is 2.76. The quantitative estimate of drug-likeness (QED) is 0.432. The van der Waals surface area contributed by atoms with Crippen molar-refractivity contribution in [2.24, 2.45) is 0 Å². The Kier molecular flexibility index (Phi) is 8.29. The fraction of sp³-hybridized carbons (Fsp3) is 0.389. The molecular weight excluding hydrogens is 466 g/mol. The van der Waals surface area contributed by atoms with Gasteiger partial charge in [0, 0.05) is 6.54 Å². The van der Waals surface area contributed by atoms with E-state index in [2.05, 4.69) is 15.6 Å². The second-order valence-electron chi connectivity index (χ2n) is 6.38. The van der Waals surface area contributed by atoms with E-state index in [-0.39, 0.29) is 34.9 Å². The zero-order chi connectivity index (χ0) is 23.3. The average molecular weight is 484 g/mol. The molecule has 1 heterocycles. The third kappa shape index (κ3) is 5.88. The lowest BCUT2D eigenvalue weighted by molar-refractivity contribution is -0.137. The van der Waals surface area contributed by atoms with E-state index in [1.54, 1.807) is 0 Å². The Morgan fingerprint density at radius 3 is 2.52 bits per heavy atom. The summed E-state index contributed by atoms with van der Waals surface area (Å²) in [6, 6.07) is 1.52. The van der Waals surface area contributed by atoms with Gasteiger partial charge in [0.25, 0.3) is 5.91 Å². The highest BCUT2D eigenvalue weighted by Gasteiger charge is 2.41. The topological polar surface area (TPSA) is 97.0 Å². The average Bonchev–Trinajstić information content (AvgIpc) is 2.72. The molecule has 13 heteroatoms. The molecule has 2 rings (SSSR count). The highest BCUT2D eigenvalue weighted by Crippen LogP contribution is 2.37. The number of alkyl halides is 3. The van der Waals surface area contributed by atoms with Crippen LogP contribution in [0.15, 0.2) is 23.9 Å². The van der Waals surface area contributed by atoms with E-state index in [1.807, 2.05) is 0 Å². The SMILES string of the molecule is CONC(=O)C(C)Oc1ccc(CN2C(C=O)C=C(C(F)(F)F)NC2C=O)c(Cl)c1Cl. The number of benzene rings is 1. The lowest BCUT2D eigenvalue weighted by Crippen LogP contribution is -2.56. The Hall–Kier alpha value is -2.34. The van der Waals surface area contributed by atoms with Gasteiger partial charge in [-0.25, -0.2) is 5.48 Å².